The highest BCUT2D eigenvalue weighted by molar-refractivity contribution is 8.13. The Morgan fingerprint density at radius 2 is 1.55 bits per heavy atom. The smallest absolute Gasteiger partial charge is 0.416 e. The molecular weight excluding hydrogens is 330 g/mol. The topological polar surface area (TPSA) is 9.23 Å². The Morgan fingerprint density at radius 1 is 0.909 bits per heavy atom. The van der Waals surface area contributed by atoms with Gasteiger partial charge < -0.3 is 4.18 Å². The summed E-state index contributed by atoms with van der Waals surface area (Å²) in [7, 11) is -1.04. The van der Waals surface area contributed by atoms with Crippen molar-refractivity contribution in [3.63, 3.8) is 0 Å². The van der Waals surface area contributed by atoms with E-state index in [1.807, 2.05) is 0 Å². The van der Waals surface area contributed by atoms with Crippen molar-refractivity contribution >= 4 is 16.1 Å². The molecule has 1 unspecified atom stereocenters. The zero-order chi connectivity index (χ0) is 16.4. The van der Waals surface area contributed by atoms with Gasteiger partial charge in [-0.2, -0.15) is 26.3 Å². The standard InChI is InChI=1S/C14H10F6OS/c15-13(16,17)10-2-1-8-22(9-7-10)21-12-5-3-11(4-6-12)14(18,19)20/h2-9H,1H2. The van der Waals surface area contributed by atoms with E-state index in [4.69, 9.17) is 4.18 Å². The molecule has 120 valence electrons. The number of hydrogen-bond acceptors (Lipinski definition) is 1. The van der Waals surface area contributed by atoms with Crippen molar-refractivity contribution in [1.82, 2.24) is 0 Å². The summed E-state index contributed by atoms with van der Waals surface area (Å²) in [5.41, 5.74) is -1.58. The van der Waals surface area contributed by atoms with Crippen LogP contribution in [0.3, 0.4) is 0 Å². The summed E-state index contributed by atoms with van der Waals surface area (Å²) in [6.07, 6.45) is -6.87. The normalized spacial score (nSPS) is 19.2. The minimum Gasteiger partial charge on any atom is -0.430 e. The molecule has 0 aliphatic carbocycles. The average Bonchev–Trinajstić information content (AvgIpc) is 2.63. The van der Waals surface area contributed by atoms with Gasteiger partial charge in [-0.1, -0.05) is 6.08 Å². The molecule has 1 atom stereocenters. The van der Waals surface area contributed by atoms with E-state index < -0.39 is 34.3 Å². The first-order chi connectivity index (χ1) is 10.2. The Labute approximate surface area is 125 Å². The van der Waals surface area contributed by atoms with Gasteiger partial charge in [0.2, 0.25) is 0 Å². The van der Waals surface area contributed by atoms with Crippen molar-refractivity contribution in [1.29, 1.82) is 0 Å². The minimum absolute atomic E-state index is 0.0611. The molecule has 1 heterocycles. The van der Waals surface area contributed by atoms with Crippen LogP contribution in [0, 0.1) is 0 Å². The number of halogens is 6. The molecule has 0 saturated heterocycles. The Morgan fingerprint density at radius 3 is 2.09 bits per heavy atom. The zero-order valence-electron chi connectivity index (χ0n) is 10.9. The van der Waals surface area contributed by atoms with Gasteiger partial charge in [0.05, 0.1) is 11.1 Å². The summed E-state index contributed by atoms with van der Waals surface area (Å²) in [5, 5.41) is 2.76. The molecule has 0 bridgehead atoms. The Balaban J connectivity index is 2.08. The van der Waals surface area contributed by atoms with Crippen molar-refractivity contribution in [2.24, 2.45) is 0 Å². The molecule has 2 rings (SSSR count). The van der Waals surface area contributed by atoms with Crippen LogP contribution in [0.1, 0.15) is 12.0 Å². The van der Waals surface area contributed by atoms with Crippen LogP contribution in [0.4, 0.5) is 26.3 Å². The maximum absolute atomic E-state index is 12.6. The zero-order valence-corrected chi connectivity index (χ0v) is 11.7. The van der Waals surface area contributed by atoms with Crippen LogP contribution in [-0.2, 0) is 6.18 Å². The molecule has 0 fully saturated rings. The molecule has 0 spiro atoms. The monoisotopic (exact) mass is 340 g/mol. The van der Waals surface area contributed by atoms with Gasteiger partial charge in [-0.25, -0.2) is 0 Å². The fourth-order valence-corrected chi connectivity index (χ4v) is 2.75. The van der Waals surface area contributed by atoms with Gasteiger partial charge in [0, 0.05) is 16.2 Å². The van der Waals surface area contributed by atoms with Crippen molar-refractivity contribution < 1.29 is 30.5 Å². The van der Waals surface area contributed by atoms with Gasteiger partial charge in [0.1, 0.15) is 5.75 Å². The third-order valence-corrected chi connectivity index (χ3v) is 3.99. The maximum Gasteiger partial charge on any atom is 0.416 e. The number of rotatable bonds is 2. The van der Waals surface area contributed by atoms with E-state index in [0.29, 0.717) is 0 Å². The summed E-state index contributed by atoms with van der Waals surface area (Å²) >= 11 is 0. The van der Waals surface area contributed by atoms with E-state index in [1.54, 1.807) is 0 Å². The Hall–Kier alpha value is -1.70. The molecule has 8 heteroatoms. The Bertz CT molecular complexity index is 622. The number of alkyl halides is 6. The molecule has 0 amide bonds. The van der Waals surface area contributed by atoms with Crippen LogP contribution >= 0.6 is 10.8 Å². The van der Waals surface area contributed by atoms with Crippen LogP contribution < -0.4 is 4.18 Å². The van der Waals surface area contributed by atoms with E-state index in [-0.39, 0.29) is 12.2 Å². The maximum atomic E-state index is 12.6. The molecular formula is C14H10F6OS. The molecule has 0 radical (unpaired) electrons. The third-order valence-electron chi connectivity index (χ3n) is 2.68. The van der Waals surface area contributed by atoms with E-state index >= 15 is 0 Å². The molecule has 1 aliphatic heterocycles. The summed E-state index contributed by atoms with van der Waals surface area (Å²) < 4.78 is 80.3. The van der Waals surface area contributed by atoms with Gasteiger partial charge in [-0.3, -0.25) is 0 Å². The van der Waals surface area contributed by atoms with Gasteiger partial charge in [-0.05, 0) is 42.1 Å². The lowest BCUT2D eigenvalue weighted by Gasteiger charge is -2.10. The van der Waals surface area contributed by atoms with E-state index in [0.717, 1.165) is 36.4 Å². The first-order valence-electron chi connectivity index (χ1n) is 6.02. The fraction of sp³-hybridized carbons (Fsp3) is 0.214. The second-order valence-corrected chi connectivity index (χ2v) is 5.73. The highest BCUT2D eigenvalue weighted by Crippen LogP contribution is 2.33. The van der Waals surface area contributed by atoms with Crippen LogP contribution in [0.5, 0.6) is 5.75 Å². The van der Waals surface area contributed by atoms with Gasteiger partial charge in [0.15, 0.2) is 0 Å². The Kier molecular flexibility index (Phi) is 4.69. The number of hydrogen-bond donors (Lipinski definition) is 0. The van der Waals surface area contributed by atoms with E-state index in [9.17, 15) is 26.3 Å². The summed E-state index contributed by atoms with van der Waals surface area (Å²) in [6, 6.07) is 4.00. The van der Waals surface area contributed by atoms with Crippen LogP contribution in [0.15, 0.2) is 47.4 Å². The first kappa shape index (κ1) is 16.7. The lowest BCUT2D eigenvalue weighted by Crippen LogP contribution is -2.09. The minimum atomic E-state index is -4.44. The third kappa shape index (κ3) is 4.40. The molecule has 1 aromatic carbocycles. The number of allylic oxidation sites excluding steroid dienone is 3. The van der Waals surface area contributed by atoms with E-state index in [2.05, 4.69) is 0 Å². The SMILES string of the molecule is FC(F)(F)C1=CCC=S(Oc2ccc(C(F)(F)F)cc2)C=C1. The second kappa shape index (κ2) is 6.20. The molecule has 22 heavy (non-hydrogen) atoms. The number of benzene rings is 1. The predicted octanol–water partition coefficient (Wildman–Crippen LogP) is 5.48. The first-order valence-corrected chi connectivity index (χ1v) is 7.30. The second-order valence-electron chi connectivity index (χ2n) is 4.30. The van der Waals surface area contributed by atoms with Gasteiger partial charge in [-0.15, -0.1) is 0 Å². The summed E-state index contributed by atoms with van der Waals surface area (Å²) in [5.74, 6) is 0.160. The van der Waals surface area contributed by atoms with Gasteiger partial charge >= 0.3 is 12.4 Å². The highest BCUT2D eigenvalue weighted by Gasteiger charge is 2.32. The fourth-order valence-electron chi connectivity index (χ4n) is 1.62. The predicted molar refractivity (Wildman–Crippen MR) is 73.6 cm³/mol. The van der Waals surface area contributed by atoms with Gasteiger partial charge in [0.25, 0.3) is 0 Å². The quantitative estimate of drug-likeness (QED) is 0.512. The van der Waals surface area contributed by atoms with Crippen molar-refractivity contribution in [3.05, 3.63) is 53.0 Å². The van der Waals surface area contributed by atoms with Crippen LogP contribution in [0.25, 0.3) is 0 Å². The highest BCUT2D eigenvalue weighted by atomic mass is 32.2. The molecule has 1 nitrogen and oxygen atoms in total. The van der Waals surface area contributed by atoms with Crippen LogP contribution in [-0.4, -0.2) is 11.5 Å². The lowest BCUT2D eigenvalue weighted by atomic mass is 10.2. The van der Waals surface area contributed by atoms with Crippen molar-refractivity contribution in [2.75, 3.05) is 0 Å². The molecule has 0 aromatic heterocycles. The largest absolute Gasteiger partial charge is 0.430 e. The van der Waals surface area contributed by atoms with Crippen LogP contribution in [0.2, 0.25) is 0 Å². The van der Waals surface area contributed by atoms with E-state index in [1.165, 1.54) is 10.8 Å². The molecule has 0 N–H and O–H groups in total. The molecule has 1 aliphatic rings. The summed E-state index contributed by atoms with van der Waals surface area (Å²) in [4.78, 5) is 0. The molecule has 1 aromatic rings. The van der Waals surface area contributed by atoms with Crippen molar-refractivity contribution in [3.8, 4) is 5.75 Å². The average molecular weight is 340 g/mol. The summed E-state index contributed by atoms with van der Waals surface area (Å²) in [6.45, 7) is 0. The molecule has 0 saturated carbocycles. The van der Waals surface area contributed by atoms with Crippen molar-refractivity contribution in [2.45, 2.75) is 18.8 Å². The lowest BCUT2D eigenvalue weighted by molar-refractivity contribution is -0.137.